The number of hydrogen-bond acceptors (Lipinski definition) is 3. The molecule has 4 nitrogen and oxygen atoms in total. The molecule has 0 heterocycles. The molecule has 0 aromatic heterocycles. The Balaban J connectivity index is 4.15. The number of hydrogen-bond donors (Lipinski definition) is 2. The van der Waals surface area contributed by atoms with Gasteiger partial charge in [-0.25, -0.2) is 0 Å². The quantitative estimate of drug-likeness (QED) is 0.510. The minimum atomic E-state index is -4.01. The van der Waals surface area contributed by atoms with Crippen LogP contribution in [0.15, 0.2) is 0 Å². The molecular formula is C9H21NO3S. The zero-order valence-electron chi connectivity index (χ0n) is 9.21. The summed E-state index contributed by atoms with van der Waals surface area (Å²) in [4.78, 5) is -1.19. The van der Waals surface area contributed by atoms with Crippen LogP contribution in [-0.4, -0.2) is 24.4 Å². The van der Waals surface area contributed by atoms with Crippen molar-refractivity contribution in [2.75, 3.05) is 6.54 Å². The SMILES string of the molecule is CCCCCNC(C)(CC)S(=O)(=O)O. The monoisotopic (exact) mass is 223 g/mol. The van der Waals surface area contributed by atoms with Crippen LogP contribution in [-0.2, 0) is 10.1 Å². The number of unbranched alkanes of at least 4 members (excludes halogenated alkanes) is 2. The lowest BCUT2D eigenvalue weighted by atomic mass is 10.2. The van der Waals surface area contributed by atoms with Gasteiger partial charge in [-0.15, -0.1) is 0 Å². The molecule has 0 aliphatic heterocycles. The van der Waals surface area contributed by atoms with Crippen LogP contribution >= 0.6 is 0 Å². The third-order valence-corrected chi connectivity index (χ3v) is 4.09. The molecule has 14 heavy (non-hydrogen) atoms. The van der Waals surface area contributed by atoms with Gasteiger partial charge < -0.3 is 0 Å². The second-order valence-corrected chi connectivity index (χ2v) is 5.54. The Hall–Kier alpha value is -0.130. The van der Waals surface area contributed by atoms with Gasteiger partial charge >= 0.3 is 0 Å². The van der Waals surface area contributed by atoms with Crippen LogP contribution < -0.4 is 5.32 Å². The summed E-state index contributed by atoms with van der Waals surface area (Å²) in [7, 11) is -4.01. The summed E-state index contributed by atoms with van der Waals surface area (Å²) >= 11 is 0. The molecule has 0 aliphatic rings. The highest BCUT2D eigenvalue weighted by Crippen LogP contribution is 2.16. The van der Waals surface area contributed by atoms with Gasteiger partial charge in [0, 0.05) is 0 Å². The summed E-state index contributed by atoms with van der Waals surface area (Å²) < 4.78 is 31.1. The molecule has 5 heteroatoms. The summed E-state index contributed by atoms with van der Waals surface area (Å²) in [6.45, 7) is 5.95. The molecule has 0 aromatic rings. The minimum Gasteiger partial charge on any atom is -0.297 e. The van der Waals surface area contributed by atoms with Crippen LogP contribution in [0.5, 0.6) is 0 Å². The van der Waals surface area contributed by atoms with E-state index < -0.39 is 15.0 Å². The van der Waals surface area contributed by atoms with E-state index in [9.17, 15) is 8.42 Å². The summed E-state index contributed by atoms with van der Waals surface area (Å²) in [5, 5.41) is 2.88. The van der Waals surface area contributed by atoms with E-state index in [1.165, 1.54) is 6.92 Å². The topological polar surface area (TPSA) is 66.4 Å². The van der Waals surface area contributed by atoms with Gasteiger partial charge in [0.2, 0.25) is 0 Å². The molecule has 2 N–H and O–H groups in total. The highest BCUT2D eigenvalue weighted by Gasteiger charge is 2.35. The zero-order chi connectivity index (χ0) is 11.2. The fourth-order valence-electron chi connectivity index (χ4n) is 1.13. The average Bonchev–Trinajstić information content (AvgIpc) is 2.10. The maximum Gasteiger partial charge on any atom is 0.283 e. The van der Waals surface area contributed by atoms with Crippen LogP contribution in [0.3, 0.4) is 0 Å². The van der Waals surface area contributed by atoms with E-state index in [-0.39, 0.29) is 0 Å². The Bertz CT molecular complexity index is 251. The molecule has 0 spiro atoms. The minimum absolute atomic E-state index is 0.359. The van der Waals surface area contributed by atoms with Crippen LogP contribution in [0, 0.1) is 0 Å². The largest absolute Gasteiger partial charge is 0.297 e. The van der Waals surface area contributed by atoms with Gasteiger partial charge in [-0.1, -0.05) is 26.7 Å². The average molecular weight is 223 g/mol. The first kappa shape index (κ1) is 13.9. The fraction of sp³-hybridized carbons (Fsp3) is 1.00. The summed E-state index contributed by atoms with van der Waals surface area (Å²) in [5.41, 5.74) is 0. The highest BCUT2D eigenvalue weighted by molar-refractivity contribution is 7.87. The molecule has 1 unspecified atom stereocenters. The standard InChI is InChI=1S/C9H21NO3S/c1-4-6-7-8-10-9(3,5-2)14(11,12)13/h10H,4-8H2,1-3H3,(H,11,12,13). The first-order valence-corrected chi connectivity index (χ1v) is 6.53. The van der Waals surface area contributed by atoms with E-state index >= 15 is 0 Å². The van der Waals surface area contributed by atoms with Crippen molar-refractivity contribution in [1.82, 2.24) is 5.32 Å². The van der Waals surface area contributed by atoms with E-state index in [1.54, 1.807) is 6.92 Å². The first-order chi connectivity index (χ1) is 6.37. The lowest BCUT2D eigenvalue weighted by molar-refractivity contribution is 0.380. The van der Waals surface area contributed by atoms with Crippen molar-refractivity contribution >= 4 is 10.1 Å². The summed E-state index contributed by atoms with van der Waals surface area (Å²) in [5.74, 6) is 0. The molecule has 0 aromatic carbocycles. The van der Waals surface area contributed by atoms with Gasteiger partial charge in [0.05, 0.1) is 0 Å². The van der Waals surface area contributed by atoms with Crippen LogP contribution in [0.2, 0.25) is 0 Å². The van der Waals surface area contributed by atoms with Crippen molar-refractivity contribution in [2.45, 2.75) is 51.3 Å². The Labute approximate surface area is 86.8 Å². The molecule has 0 bridgehead atoms. The molecule has 0 radical (unpaired) electrons. The summed E-state index contributed by atoms with van der Waals surface area (Å²) in [6, 6.07) is 0. The number of nitrogens with one attached hydrogen (secondary N) is 1. The van der Waals surface area contributed by atoms with Gasteiger partial charge in [-0.05, 0) is 26.3 Å². The van der Waals surface area contributed by atoms with Gasteiger partial charge in [-0.3, -0.25) is 9.87 Å². The van der Waals surface area contributed by atoms with Crippen LogP contribution in [0.25, 0.3) is 0 Å². The molecule has 0 amide bonds. The van der Waals surface area contributed by atoms with E-state index in [1.807, 2.05) is 0 Å². The normalized spacial score (nSPS) is 16.6. The molecule has 0 saturated heterocycles. The maximum absolute atomic E-state index is 11.0. The van der Waals surface area contributed by atoms with Gasteiger partial charge in [0.1, 0.15) is 4.87 Å². The smallest absolute Gasteiger partial charge is 0.283 e. The van der Waals surface area contributed by atoms with Gasteiger partial charge in [0.15, 0.2) is 0 Å². The predicted octanol–water partition coefficient (Wildman–Crippen LogP) is 1.78. The molecule has 0 rings (SSSR count). The van der Waals surface area contributed by atoms with Crippen molar-refractivity contribution in [1.29, 1.82) is 0 Å². The zero-order valence-corrected chi connectivity index (χ0v) is 10.0. The van der Waals surface area contributed by atoms with Crippen molar-refractivity contribution in [3.05, 3.63) is 0 Å². The molecule has 0 fully saturated rings. The van der Waals surface area contributed by atoms with Gasteiger partial charge in [0.25, 0.3) is 10.1 Å². The van der Waals surface area contributed by atoms with Crippen molar-refractivity contribution in [3.8, 4) is 0 Å². The van der Waals surface area contributed by atoms with Crippen molar-refractivity contribution < 1.29 is 13.0 Å². The Morgan fingerprint density at radius 2 is 1.86 bits per heavy atom. The Morgan fingerprint density at radius 3 is 2.21 bits per heavy atom. The second-order valence-electron chi connectivity index (χ2n) is 3.69. The molecule has 0 aliphatic carbocycles. The molecule has 86 valence electrons. The predicted molar refractivity (Wildman–Crippen MR) is 57.8 cm³/mol. The van der Waals surface area contributed by atoms with E-state index in [0.717, 1.165) is 19.3 Å². The third-order valence-electron chi connectivity index (χ3n) is 2.52. The second kappa shape index (κ2) is 5.68. The third kappa shape index (κ3) is 3.94. The summed E-state index contributed by atoms with van der Waals surface area (Å²) in [6.07, 6.45) is 3.45. The van der Waals surface area contributed by atoms with Gasteiger partial charge in [-0.2, -0.15) is 8.42 Å². The first-order valence-electron chi connectivity index (χ1n) is 5.09. The lowest BCUT2D eigenvalue weighted by Gasteiger charge is -2.26. The maximum atomic E-state index is 11.0. The molecule has 1 atom stereocenters. The van der Waals surface area contributed by atoms with E-state index in [2.05, 4.69) is 12.2 Å². The molecular weight excluding hydrogens is 202 g/mol. The van der Waals surface area contributed by atoms with Crippen LogP contribution in [0.1, 0.15) is 46.5 Å². The van der Waals surface area contributed by atoms with Crippen molar-refractivity contribution in [3.63, 3.8) is 0 Å². The molecule has 0 saturated carbocycles. The van der Waals surface area contributed by atoms with Crippen LogP contribution in [0.4, 0.5) is 0 Å². The fourth-order valence-corrected chi connectivity index (χ4v) is 1.78. The van der Waals surface area contributed by atoms with Crippen molar-refractivity contribution in [2.24, 2.45) is 0 Å². The number of rotatable bonds is 7. The Kier molecular flexibility index (Phi) is 5.63. The van der Waals surface area contributed by atoms with E-state index in [0.29, 0.717) is 13.0 Å². The Morgan fingerprint density at radius 1 is 1.29 bits per heavy atom. The highest BCUT2D eigenvalue weighted by atomic mass is 32.2. The lowest BCUT2D eigenvalue weighted by Crippen LogP contribution is -2.48. The van der Waals surface area contributed by atoms with E-state index in [4.69, 9.17) is 4.55 Å².